The fraction of sp³-hybridized carbons (Fsp3) is 0.286. The summed E-state index contributed by atoms with van der Waals surface area (Å²) in [6, 6.07) is 8.86. The molecule has 1 fully saturated rings. The number of ether oxygens (including phenoxy) is 1. The number of benzene rings is 2. The summed E-state index contributed by atoms with van der Waals surface area (Å²) in [6.45, 7) is -0.519. The average molecular weight is 400 g/mol. The van der Waals surface area contributed by atoms with E-state index in [1.54, 1.807) is 12.1 Å². The van der Waals surface area contributed by atoms with Crippen LogP contribution in [0.3, 0.4) is 0 Å². The van der Waals surface area contributed by atoms with Gasteiger partial charge < -0.3 is 34.7 Å². The SMILES string of the molecule is O=c1c(-c2ccc(O)cc2)coc2c(C3CC(O)C(O)C(CO)O3)c(O)ccc12. The van der Waals surface area contributed by atoms with Crippen LogP contribution in [-0.4, -0.2) is 50.5 Å². The lowest BCUT2D eigenvalue weighted by molar-refractivity contribution is -0.181. The van der Waals surface area contributed by atoms with Gasteiger partial charge in [0, 0.05) is 6.42 Å². The fourth-order valence-corrected chi connectivity index (χ4v) is 3.65. The normalized spacial score (nSPS) is 24.7. The predicted molar refractivity (Wildman–Crippen MR) is 103 cm³/mol. The van der Waals surface area contributed by atoms with Crippen molar-refractivity contribution >= 4 is 11.0 Å². The number of aliphatic hydroxyl groups is 3. The first-order valence-corrected chi connectivity index (χ1v) is 9.10. The molecule has 5 N–H and O–H groups in total. The third-order valence-electron chi connectivity index (χ3n) is 5.21. The molecule has 8 heteroatoms. The highest BCUT2D eigenvalue weighted by Crippen LogP contribution is 2.40. The monoisotopic (exact) mass is 400 g/mol. The molecule has 2 aromatic carbocycles. The number of phenols is 2. The standard InChI is InChI=1S/C21H20O8/c22-8-17-20(27)15(25)7-16(29-17)18-14(24)6-5-12-19(26)13(9-28-21(12)18)10-1-3-11(23)4-2-10/h1-6,9,15-17,20,22-25,27H,7-8H2. The summed E-state index contributed by atoms with van der Waals surface area (Å²) >= 11 is 0. The molecule has 1 saturated heterocycles. The Morgan fingerprint density at radius 2 is 1.76 bits per heavy atom. The van der Waals surface area contributed by atoms with Crippen LogP contribution in [0.2, 0.25) is 0 Å². The van der Waals surface area contributed by atoms with E-state index in [0.717, 1.165) is 0 Å². The Labute approximate surface area is 164 Å². The summed E-state index contributed by atoms with van der Waals surface area (Å²) in [6.07, 6.45) is -3.16. The highest BCUT2D eigenvalue weighted by molar-refractivity contribution is 5.86. The van der Waals surface area contributed by atoms with E-state index in [-0.39, 0.29) is 45.4 Å². The van der Waals surface area contributed by atoms with Gasteiger partial charge in [-0.2, -0.15) is 0 Å². The molecule has 4 unspecified atom stereocenters. The molecule has 0 aliphatic carbocycles. The Balaban J connectivity index is 1.84. The zero-order chi connectivity index (χ0) is 20.7. The second-order valence-corrected chi connectivity index (χ2v) is 7.04. The van der Waals surface area contributed by atoms with Crippen LogP contribution < -0.4 is 5.43 Å². The van der Waals surface area contributed by atoms with Crippen LogP contribution in [0.4, 0.5) is 0 Å². The van der Waals surface area contributed by atoms with Crippen molar-refractivity contribution in [3.8, 4) is 22.6 Å². The van der Waals surface area contributed by atoms with Crippen molar-refractivity contribution in [2.45, 2.75) is 30.8 Å². The minimum atomic E-state index is -1.26. The van der Waals surface area contributed by atoms with Crippen molar-refractivity contribution in [1.82, 2.24) is 0 Å². The van der Waals surface area contributed by atoms with Crippen LogP contribution in [0.1, 0.15) is 18.1 Å². The van der Waals surface area contributed by atoms with Gasteiger partial charge in [0.15, 0.2) is 0 Å². The Morgan fingerprint density at radius 1 is 1.03 bits per heavy atom. The van der Waals surface area contributed by atoms with E-state index in [4.69, 9.17) is 9.15 Å². The molecule has 1 aliphatic rings. The average Bonchev–Trinajstić information content (AvgIpc) is 2.71. The number of aliphatic hydroxyl groups excluding tert-OH is 3. The number of aromatic hydroxyl groups is 2. The van der Waals surface area contributed by atoms with E-state index in [0.29, 0.717) is 5.56 Å². The molecular formula is C21H20O8. The van der Waals surface area contributed by atoms with Gasteiger partial charge in [0.1, 0.15) is 35.6 Å². The summed E-state index contributed by atoms with van der Waals surface area (Å²) in [5.74, 6) is -0.122. The van der Waals surface area contributed by atoms with Gasteiger partial charge in [0.05, 0.1) is 35.3 Å². The summed E-state index contributed by atoms with van der Waals surface area (Å²) in [5.41, 5.74) is 0.764. The van der Waals surface area contributed by atoms with Gasteiger partial charge >= 0.3 is 0 Å². The summed E-state index contributed by atoms with van der Waals surface area (Å²) in [5, 5.41) is 49.5. The van der Waals surface area contributed by atoms with Crippen LogP contribution in [0.5, 0.6) is 11.5 Å². The van der Waals surface area contributed by atoms with E-state index in [9.17, 15) is 30.3 Å². The van der Waals surface area contributed by atoms with E-state index >= 15 is 0 Å². The van der Waals surface area contributed by atoms with Crippen LogP contribution in [0, 0.1) is 0 Å². The molecule has 1 aliphatic heterocycles. The molecule has 1 aromatic heterocycles. The van der Waals surface area contributed by atoms with Crippen LogP contribution in [-0.2, 0) is 4.74 Å². The molecule has 3 aromatic rings. The first kappa shape index (κ1) is 19.4. The molecule has 152 valence electrons. The molecule has 29 heavy (non-hydrogen) atoms. The molecule has 0 bridgehead atoms. The second kappa shape index (κ2) is 7.49. The second-order valence-electron chi connectivity index (χ2n) is 7.04. The van der Waals surface area contributed by atoms with Crippen molar-refractivity contribution < 1.29 is 34.7 Å². The van der Waals surface area contributed by atoms with Crippen molar-refractivity contribution in [1.29, 1.82) is 0 Å². The zero-order valence-corrected chi connectivity index (χ0v) is 15.2. The number of rotatable bonds is 3. The molecule has 0 saturated carbocycles. The van der Waals surface area contributed by atoms with Gasteiger partial charge in [-0.05, 0) is 29.8 Å². The Hall–Kier alpha value is -2.91. The maximum absolute atomic E-state index is 13.0. The Kier molecular flexibility index (Phi) is 5.01. The van der Waals surface area contributed by atoms with Gasteiger partial charge in [-0.15, -0.1) is 0 Å². The van der Waals surface area contributed by atoms with Crippen LogP contribution >= 0.6 is 0 Å². The maximum atomic E-state index is 13.0. The van der Waals surface area contributed by atoms with Gasteiger partial charge in [0.2, 0.25) is 5.43 Å². The summed E-state index contributed by atoms with van der Waals surface area (Å²) in [7, 11) is 0. The van der Waals surface area contributed by atoms with E-state index in [1.807, 2.05) is 0 Å². The highest BCUT2D eigenvalue weighted by Gasteiger charge is 2.39. The van der Waals surface area contributed by atoms with Gasteiger partial charge in [-0.3, -0.25) is 4.79 Å². The first-order chi connectivity index (χ1) is 13.9. The topological polar surface area (TPSA) is 141 Å². The predicted octanol–water partition coefficient (Wildman–Crippen LogP) is 1.42. The van der Waals surface area contributed by atoms with E-state index in [1.165, 1.54) is 30.5 Å². The molecular weight excluding hydrogens is 380 g/mol. The summed E-state index contributed by atoms with van der Waals surface area (Å²) < 4.78 is 11.3. The molecule has 2 heterocycles. The fourth-order valence-electron chi connectivity index (χ4n) is 3.65. The highest BCUT2D eigenvalue weighted by atomic mass is 16.5. The Morgan fingerprint density at radius 3 is 2.45 bits per heavy atom. The molecule has 4 rings (SSSR count). The van der Waals surface area contributed by atoms with Crippen molar-refractivity contribution in [2.75, 3.05) is 6.61 Å². The first-order valence-electron chi connectivity index (χ1n) is 9.10. The van der Waals surface area contributed by atoms with Gasteiger partial charge in [0.25, 0.3) is 0 Å². The van der Waals surface area contributed by atoms with Gasteiger partial charge in [-0.1, -0.05) is 12.1 Å². The van der Waals surface area contributed by atoms with Crippen molar-refractivity contribution in [3.05, 3.63) is 58.4 Å². The molecule has 0 amide bonds. The number of hydrogen-bond donors (Lipinski definition) is 5. The summed E-state index contributed by atoms with van der Waals surface area (Å²) in [4.78, 5) is 13.0. The minimum Gasteiger partial charge on any atom is -0.508 e. The van der Waals surface area contributed by atoms with E-state index in [2.05, 4.69) is 0 Å². The lowest BCUT2D eigenvalue weighted by atomic mass is 9.92. The van der Waals surface area contributed by atoms with Crippen LogP contribution in [0.15, 0.2) is 51.9 Å². The number of fused-ring (bicyclic) bond motifs is 1. The maximum Gasteiger partial charge on any atom is 0.200 e. The third-order valence-corrected chi connectivity index (χ3v) is 5.21. The van der Waals surface area contributed by atoms with E-state index < -0.39 is 31.0 Å². The largest absolute Gasteiger partial charge is 0.508 e. The third kappa shape index (κ3) is 3.36. The molecule has 0 radical (unpaired) electrons. The Bertz CT molecular complexity index is 1090. The quantitative estimate of drug-likeness (QED) is 0.445. The molecule has 0 spiro atoms. The van der Waals surface area contributed by atoms with Crippen molar-refractivity contribution in [3.63, 3.8) is 0 Å². The number of phenolic OH excluding ortho intramolecular Hbond substituents is 2. The van der Waals surface area contributed by atoms with Crippen molar-refractivity contribution in [2.24, 2.45) is 0 Å². The zero-order valence-electron chi connectivity index (χ0n) is 15.2. The van der Waals surface area contributed by atoms with Gasteiger partial charge in [-0.25, -0.2) is 0 Å². The lowest BCUT2D eigenvalue weighted by Crippen LogP contribution is -2.47. The number of hydrogen-bond acceptors (Lipinski definition) is 8. The molecule has 4 atom stereocenters. The lowest BCUT2D eigenvalue weighted by Gasteiger charge is -2.36. The smallest absolute Gasteiger partial charge is 0.200 e. The van der Waals surface area contributed by atoms with Crippen LogP contribution in [0.25, 0.3) is 22.1 Å². The minimum absolute atomic E-state index is 0.0479. The molecule has 8 nitrogen and oxygen atoms in total.